The summed E-state index contributed by atoms with van der Waals surface area (Å²) in [5.41, 5.74) is -0.136. The summed E-state index contributed by atoms with van der Waals surface area (Å²) < 4.78 is 41.2. The Labute approximate surface area is 109 Å². The number of nitrogens with one attached hydrogen (secondary N) is 1. The van der Waals surface area contributed by atoms with Crippen LogP contribution in [0.2, 0.25) is 0 Å². The second kappa shape index (κ2) is 5.77. The fourth-order valence-electron chi connectivity index (χ4n) is 1.68. The molecule has 3 nitrogen and oxygen atoms in total. The van der Waals surface area contributed by atoms with Gasteiger partial charge in [0.15, 0.2) is 11.6 Å². The number of unbranched alkanes of at least 4 members (excludes halogenated alkanes) is 1. The molecule has 0 bridgehead atoms. The Bertz CT molecular complexity index is 566. The van der Waals surface area contributed by atoms with Crippen LogP contribution in [0.3, 0.4) is 0 Å². The summed E-state index contributed by atoms with van der Waals surface area (Å²) in [6.07, 6.45) is 5.27. The van der Waals surface area contributed by atoms with Gasteiger partial charge in [-0.2, -0.15) is 0 Å². The molecule has 0 saturated carbocycles. The lowest BCUT2D eigenvalue weighted by molar-refractivity contribution is 0.496. The third kappa shape index (κ3) is 3.07. The maximum Gasteiger partial charge on any atom is 0.207 e. The van der Waals surface area contributed by atoms with E-state index >= 15 is 0 Å². The molecule has 0 radical (unpaired) electrons. The summed E-state index contributed by atoms with van der Waals surface area (Å²) in [6, 6.07) is 1.29. The Morgan fingerprint density at radius 1 is 1.16 bits per heavy atom. The number of aryl methyl sites for hydroxylation is 1. The van der Waals surface area contributed by atoms with Crippen LogP contribution in [0.4, 0.5) is 24.8 Å². The Hall–Kier alpha value is -1.98. The van der Waals surface area contributed by atoms with Gasteiger partial charge in [0.25, 0.3) is 0 Å². The second-order valence-corrected chi connectivity index (χ2v) is 4.17. The van der Waals surface area contributed by atoms with Crippen molar-refractivity contribution >= 4 is 11.6 Å². The van der Waals surface area contributed by atoms with Gasteiger partial charge in [0.05, 0.1) is 5.69 Å². The van der Waals surface area contributed by atoms with Gasteiger partial charge in [-0.05, 0) is 6.42 Å². The molecule has 0 saturated heterocycles. The van der Waals surface area contributed by atoms with Gasteiger partial charge in [-0.25, -0.2) is 18.2 Å². The third-order valence-electron chi connectivity index (χ3n) is 2.72. The molecule has 0 fully saturated rings. The summed E-state index contributed by atoms with van der Waals surface area (Å²) in [5, 5.41) is 2.67. The molecule has 1 aromatic heterocycles. The lowest BCUT2D eigenvalue weighted by atomic mass is 10.3. The highest BCUT2D eigenvalue weighted by Crippen LogP contribution is 2.22. The van der Waals surface area contributed by atoms with Crippen molar-refractivity contribution < 1.29 is 13.2 Å². The molecule has 6 heteroatoms. The van der Waals surface area contributed by atoms with Crippen molar-refractivity contribution in [3.8, 4) is 0 Å². The van der Waals surface area contributed by atoms with Gasteiger partial charge in [0.2, 0.25) is 5.95 Å². The molecule has 0 aliphatic carbocycles. The van der Waals surface area contributed by atoms with Crippen molar-refractivity contribution in [2.24, 2.45) is 0 Å². The highest BCUT2D eigenvalue weighted by atomic mass is 19.2. The van der Waals surface area contributed by atoms with Gasteiger partial charge in [-0.1, -0.05) is 13.3 Å². The fourth-order valence-corrected chi connectivity index (χ4v) is 1.68. The lowest BCUT2D eigenvalue weighted by Crippen LogP contribution is -2.05. The smallest absolute Gasteiger partial charge is 0.207 e. The number of nitrogens with zero attached hydrogens (tertiary/aromatic N) is 2. The Morgan fingerprint density at radius 2 is 1.89 bits per heavy atom. The van der Waals surface area contributed by atoms with E-state index in [1.54, 1.807) is 17.0 Å². The number of halogens is 3. The lowest BCUT2D eigenvalue weighted by Gasteiger charge is -2.10. The molecular formula is C13H14F3N3. The van der Waals surface area contributed by atoms with E-state index in [0.717, 1.165) is 25.5 Å². The minimum atomic E-state index is -1.21. The normalized spacial score (nSPS) is 10.7. The van der Waals surface area contributed by atoms with Crippen LogP contribution in [-0.2, 0) is 6.54 Å². The average Bonchev–Trinajstić information content (AvgIpc) is 2.81. The SMILES string of the molecule is CCCCn1ccnc1Nc1cc(F)c(F)cc1F. The average molecular weight is 269 g/mol. The minimum Gasteiger partial charge on any atom is -0.323 e. The van der Waals surface area contributed by atoms with E-state index in [1.807, 2.05) is 0 Å². The van der Waals surface area contributed by atoms with Crippen LogP contribution in [-0.4, -0.2) is 9.55 Å². The molecule has 1 heterocycles. The van der Waals surface area contributed by atoms with Crippen molar-refractivity contribution in [3.05, 3.63) is 42.0 Å². The zero-order valence-corrected chi connectivity index (χ0v) is 10.5. The molecule has 1 aromatic carbocycles. The first-order chi connectivity index (χ1) is 9.11. The van der Waals surface area contributed by atoms with Gasteiger partial charge in [-0.15, -0.1) is 0 Å². The van der Waals surface area contributed by atoms with Gasteiger partial charge >= 0.3 is 0 Å². The van der Waals surface area contributed by atoms with E-state index < -0.39 is 17.5 Å². The highest BCUT2D eigenvalue weighted by Gasteiger charge is 2.11. The third-order valence-corrected chi connectivity index (χ3v) is 2.72. The number of anilines is 2. The van der Waals surface area contributed by atoms with E-state index in [9.17, 15) is 13.2 Å². The Balaban J connectivity index is 2.21. The number of benzene rings is 1. The van der Waals surface area contributed by atoms with E-state index in [-0.39, 0.29) is 5.69 Å². The molecule has 2 rings (SSSR count). The van der Waals surface area contributed by atoms with Crippen molar-refractivity contribution in [2.45, 2.75) is 26.3 Å². The predicted molar refractivity (Wildman–Crippen MR) is 66.7 cm³/mol. The molecule has 19 heavy (non-hydrogen) atoms. The summed E-state index contributed by atoms with van der Waals surface area (Å²) in [5.74, 6) is -2.77. The Morgan fingerprint density at radius 3 is 2.63 bits per heavy atom. The number of hydrogen-bond acceptors (Lipinski definition) is 2. The largest absolute Gasteiger partial charge is 0.323 e. The van der Waals surface area contributed by atoms with Crippen LogP contribution in [0.5, 0.6) is 0 Å². The maximum absolute atomic E-state index is 13.5. The highest BCUT2D eigenvalue weighted by molar-refractivity contribution is 5.54. The maximum atomic E-state index is 13.5. The van der Waals surface area contributed by atoms with E-state index in [0.29, 0.717) is 12.0 Å². The van der Waals surface area contributed by atoms with Crippen molar-refractivity contribution in [3.63, 3.8) is 0 Å². The summed E-state index contributed by atoms with van der Waals surface area (Å²) >= 11 is 0. The van der Waals surface area contributed by atoms with Crippen LogP contribution in [0.15, 0.2) is 24.5 Å². The van der Waals surface area contributed by atoms with Crippen LogP contribution in [0.25, 0.3) is 0 Å². The first-order valence-corrected chi connectivity index (χ1v) is 6.04. The first kappa shape index (κ1) is 13.5. The molecule has 0 aliphatic rings. The zero-order valence-electron chi connectivity index (χ0n) is 10.5. The molecule has 0 amide bonds. The van der Waals surface area contributed by atoms with Gasteiger partial charge in [0.1, 0.15) is 5.82 Å². The van der Waals surface area contributed by atoms with Crippen molar-refractivity contribution in [2.75, 3.05) is 5.32 Å². The minimum absolute atomic E-state index is 0.136. The Kier molecular flexibility index (Phi) is 4.09. The molecule has 0 spiro atoms. The molecule has 2 aromatic rings. The molecule has 0 aliphatic heterocycles. The fraction of sp³-hybridized carbons (Fsp3) is 0.308. The number of hydrogen-bond donors (Lipinski definition) is 1. The van der Waals surface area contributed by atoms with Crippen LogP contribution in [0.1, 0.15) is 19.8 Å². The first-order valence-electron chi connectivity index (χ1n) is 6.04. The zero-order chi connectivity index (χ0) is 13.8. The summed E-state index contributed by atoms with van der Waals surface area (Å²) in [4.78, 5) is 4.03. The van der Waals surface area contributed by atoms with Gasteiger partial charge in [0, 0.05) is 31.1 Å². The van der Waals surface area contributed by atoms with Crippen LogP contribution < -0.4 is 5.32 Å². The van der Waals surface area contributed by atoms with Gasteiger partial charge < -0.3 is 9.88 Å². The number of aromatic nitrogens is 2. The summed E-state index contributed by atoms with van der Waals surface area (Å²) in [7, 11) is 0. The second-order valence-electron chi connectivity index (χ2n) is 4.17. The van der Waals surface area contributed by atoms with E-state index in [4.69, 9.17) is 0 Å². The molecule has 102 valence electrons. The molecule has 0 atom stereocenters. The van der Waals surface area contributed by atoms with Crippen LogP contribution >= 0.6 is 0 Å². The summed E-state index contributed by atoms with van der Waals surface area (Å²) in [6.45, 7) is 2.78. The number of rotatable bonds is 5. The quantitative estimate of drug-likeness (QED) is 0.836. The van der Waals surface area contributed by atoms with E-state index in [1.165, 1.54) is 0 Å². The monoisotopic (exact) mass is 269 g/mol. The van der Waals surface area contributed by atoms with Crippen molar-refractivity contribution in [1.29, 1.82) is 0 Å². The standard InChI is InChI=1S/C13H14F3N3/c1-2-3-5-19-6-4-17-13(19)18-12-8-10(15)9(14)7-11(12)16/h4,6-8H,2-3,5H2,1H3,(H,17,18). The number of imidazole rings is 1. The van der Waals surface area contributed by atoms with Crippen LogP contribution in [0, 0.1) is 17.5 Å². The molecule has 0 unspecified atom stereocenters. The molecular weight excluding hydrogens is 255 g/mol. The van der Waals surface area contributed by atoms with Crippen molar-refractivity contribution in [1.82, 2.24) is 9.55 Å². The predicted octanol–water partition coefficient (Wildman–Crippen LogP) is 3.84. The van der Waals surface area contributed by atoms with Gasteiger partial charge in [-0.3, -0.25) is 0 Å². The molecule has 1 N–H and O–H groups in total. The topological polar surface area (TPSA) is 29.9 Å². The van der Waals surface area contributed by atoms with E-state index in [2.05, 4.69) is 17.2 Å².